The summed E-state index contributed by atoms with van der Waals surface area (Å²) < 4.78 is 11.3. The second kappa shape index (κ2) is 12.9. The first-order valence-electron chi connectivity index (χ1n) is 10.7. The molecule has 0 spiro atoms. The Hall–Kier alpha value is -3.62. The molecule has 0 bridgehead atoms. The van der Waals surface area contributed by atoms with Crippen LogP contribution >= 0.6 is 0 Å². The van der Waals surface area contributed by atoms with Gasteiger partial charge in [-0.15, -0.1) is 0 Å². The Bertz CT molecular complexity index is 918. The molecule has 0 aliphatic carbocycles. The molecule has 9 nitrogen and oxygen atoms in total. The Kier molecular flexibility index (Phi) is 9.96. The minimum Gasteiger partial charge on any atom is -0.492 e. The van der Waals surface area contributed by atoms with Crippen LogP contribution in [-0.2, 0) is 14.4 Å². The fourth-order valence-corrected chi connectivity index (χ4v) is 2.81. The highest BCUT2D eigenvalue weighted by Crippen LogP contribution is 2.37. The number of hydrogen-bond donors (Lipinski definition) is 3. The van der Waals surface area contributed by atoms with Gasteiger partial charge in [-0.25, -0.2) is 4.98 Å². The summed E-state index contributed by atoms with van der Waals surface area (Å²) in [5.74, 6) is 0.702. The van der Waals surface area contributed by atoms with Gasteiger partial charge in [0.2, 0.25) is 17.7 Å². The minimum absolute atomic E-state index is 0.152. The standard InChI is InChI=1S/C23H30N4O5/c1-4-21(28)25-16-14-19(32-6-3)17(15-18(16)31-5-2)26-22(29)11-9-12-23(30)27-20-10-7-8-13-24-20/h7-8,10,13-15H,4-6,9,11-12H2,1-3H3,(H,25,28)(H,26,29)(H,24,27,30). The Morgan fingerprint density at radius 2 is 1.38 bits per heavy atom. The van der Waals surface area contributed by atoms with Crippen molar-refractivity contribution in [3.05, 3.63) is 36.5 Å². The molecule has 0 fully saturated rings. The van der Waals surface area contributed by atoms with Crippen molar-refractivity contribution in [3.63, 3.8) is 0 Å². The number of rotatable bonds is 12. The van der Waals surface area contributed by atoms with Crippen molar-refractivity contribution >= 4 is 34.9 Å². The highest BCUT2D eigenvalue weighted by Gasteiger charge is 2.16. The molecular formula is C23H30N4O5. The summed E-state index contributed by atoms with van der Waals surface area (Å²) in [7, 11) is 0. The fourth-order valence-electron chi connectivity index (χ4n) is 2.81. The van der Waals surface area contributed by atoms with Crippen LogP contribution in [0.25, 0.3) is 0 Å². The highest BCUT2D eigenvalue weighted by molar-refractivity contribution is 5.96. The average Bonchev–Trinajstić information content (AvgIpc) is 2.77. The number of hydrogen-bond acceptors (Lipinski definition) is 6. The first kappa shape index (κ1) is 24.6. The van der Waals surface area contributed by atoms with Gasteiger partial charge in [0.05, 0.1) is 24.6 Å². The lowest BCUT2D eigenvalue weighted by Gasteiger charge is -2.17. The lowest BCUT2D eigenvalue weighted by Crippen LogP contribution is -2.16. The van der Waals surface area contributed by atoms with Crippen molar-refractivity contribution in [2.45, 2.75) is 46.5 Å². The SMILES string of the molecule is CCOc1cc(NC(=O)CCCC(=O)Nc2ccccn2)c(OCC)cc1NC(=O)CC. The molecule has 0 unspecified atom stereocenters. The molecule has 0 atom stereocenters. The number of ether oxygens (including phenoxy) is 2. The van der Waals surface area contributed by atoms with Crippen molar-refractivity contribution in [1.29, 1.82) is 0 Å². The molecule has 0 aliphatic rings. The summed E-state index contributed by atoms with van der Waals surface area (Å²) in [5.41, 5.74) is 0.916. The van der Waals surface area contributed by atoms with Gasteiger partial charge in [-0.05, 0) is 32.4 Å². The maximum Gasteiger partial charge on any atom is 0.225 e. The molecule has 172 valence electrons. The van der Waals surface area contributed by atoms with Crippen molar-refractivity contribution < 1.29 is 23.9 Å². The van der Waals surface area contributed by atoms with E-state index in [1.165, 1.54) is 0 Å². The normalized spacial score (nSPS) is 10.2. The van der Waals surface area contributed by atoms with Gasteiger partial charge >= 0.3 is 0 Å². The zero-order chi connectivity index (χ0) is 23.3. The van der Waals surface area contributed by atoms with Crippen LogP contribution in [0.4, 0.5) is 17.2 Å². The Morgan fingerprint density at radius 1 is 0.812 bits per heavy atom. The maximum atomic E-state index is 12.5. The molecule has 0 saturated heterocycles. The number of nitrogens with zero attached hydrogens (tertiary/aromatic N) is 1. The van der Waals surface area contributed by atoms with E-state index in [0.717, 1.165) is 0 Å². The van der Waals surface area contributed by atoms with E-state index in [9.17, 15) is 14.4 Å². The van der Waals surface area contributed by atoms with E-state index < -0.39 is 0 Å². The summed E-state index contributed by atoms with van der Waals surface area (Å²) >= 11 is 0. The highest BCUT2D eigenvalue weighted by atomic mass is 16.5. The van der Waals surface area contributed by atoms with Crippen molar-refractivity contribution in [2.75, 3.05) is 29.2 Å². The molecule has 0 aliphatic heterocycles. The summed E-state index contributed by atoms with van der Waals surface area (Å²) in [6.45, 7) is 6.18. The molecule has 9 heteroatoms. The van der Waals surface area contributed by atoms with Gasteiger partial charge in [-0.1, -0.05) is 13.0 Å². The third kappa shape index (κ3) is 7.90. The number of benzene rings is 1. The van der Waals surface area contributed by atoms with E-state index in [-0.39, 0.29) is 30.6 Å². The van der Waals surface area contributed by atoms with E-state index in [1.807, 2.05) is 13.8 Å². The van der Waals surface area contributed by atoms with Crippen molar-refractivity contribution in [1.82, 2.24) is 4.98 Å². The van der Waals surface area contributed by atoms with E-state index in [0.29, 0.717) is 54.7 Å². The topological polar surface area (TPSA) is 119 Å². The van der Waals surface area contributed by atoms with Crippen LogP contribution in [0.15, 0.2) is 36.5 Å². The predicted octanol–water partition coefficient (Wildman–Crippen LogP) is 3.98. The molecule has 0 radical (unpaired) electrons. The van der Waals surface area contributed by atoms with Gasteiger partial charge in [0.1, 0.15) is 17.3 Å². The number of nitrogens with one attached hydrogen (secondary N) is 3. The average molecular weight is 443 g/mol. The van der Waals surface area contributed by atoms with E-state index in [2.05, 4.69) is 20.9 Å². The molecule has 2 rings (SSSR count). The van der Waals surface area contributed by atoms with Crippen molar-refractivity contribution in [2.24, 2.45) is 0 Å². The smallest absolute Gasteiger partial charge is 0.225 e. The molecular weight excluding hydrogens is 412 g/mol. The molecule has 32 heavy (non-hydrogen) atoms. The fraction of sp³-hybridized carbons (Fsp3) is 0.391. The number of pyridine rings is 1. The van der Waals surface area contributed by atoms with Crippen LogP contribution in [0.1, 0.15) is 46.5 Å². The van der Waals surface area contributed by atoms with Gasteiger partial charge in [0, 0.05) is 37.6 Å². The quantitative estimate of drug-likeness (QED) is 0.458. The molecule has 1 aromatic carbocycles. The molecule has 0 saturated carbocycles. The molecule has 1 heterocycles. The van der Waals surface area contributed by atoms with Gasteiger partial charge < -0.3 is 25.4 Å². The Morgan fingerprint density at radius 3 is 1.88 bits per heavy atom. The van der Waals surface area contributed by atoms with Crippen LogP contribution in [-0.4, -0.2) is 35.9 Å². The second-order valence-corrected chi connectivity index (χ2v) is 6.78. The molecule has 3 N–H and O–H groups in total. The number of carbonyl (C=O) groups excluding carboxylic acids is 3. The summed E-state index contributed by atoms with van der Waals surface area (Å²) in [6, 6.07) is 8.51. The van der Waals surface area contributed by atoms with Crippen LogP contribution in [0.3, 0.4) is 0 Å². The zero-order valence-electron chi connectivity index (χ0n) is 18.7. The first-order valence-corrected chi connectivity index (χ1v) is 10.7. The van der Waals surface area contributed by atoms with E-state index in [4.69, 9.17) is 9.47 Å². The van der Waals surface area contributed by atoms with E-state index in [1.54, 1.807) is 43.5 Å². The zero-order valence-corrected chi connectivity index (χ0v) is 18.7. The molecule has 3 amide bonds. The van der Waals surface area contributed by atoms with Crippen LogP contribution < -0.4 is 25.4 Å². The number of aromatic nitrogens is 1. The number of amides is 3. The summed E-state index contributed by atoms with van der Waals surface area (Å²) in [6.07, 6.45) is 2.63. The minimum atomic E-state index is -0.260. The van der Waals surface area contributed by atoms with Gasteiger partial charge in [-0.3, -0.25) is 14.4 Å². The number of anilines is 3. The maximum absolute atomic E-state index is 12.5. The lowest BCUT2D eigenvalue weighted by atomic mass is 10.2. The Labute approximate surface area is 187 Å². The van der Waals surface area contributed by atoms with Crippen LogP contribution in [0, 0.1) is 0 Å². The molecule has 1 aromatic heterocycles. The lowest BCUT2D eigenvalue weighted by molar-refractivity contribution is -0.118. The van der Waals surface area contributed by atoms with Crippen LogP contribution in [0.2, 0.25) is 0 Å². The predicted molar refractivity (Wildman–Crippen MR) is 123 cm³/mol. The number of carbonyl (C=O) groups is 3. The molecule has 2 aromatic rings. The third-order valence-electron chi connectivity index (χ3n) is 4.29. The largest absolute Gasteiger partial charge is 0.492 e. The summed E-state index contributed by atoms with van der Waals surface area (Å²) in [4.78, 5) is 40.4. The monoisotopic (exact) mass is 442 g/mol. The van der Waals surface area contributed by atoms with Crippen molar-refractivity contribution in [3.8, 4) is 11.5 Å². The van der Waals surface area contributed by atoms with Crippen LogP contribution in [0.5, 0.6) is 11.5 Å². The third-order valence-corrected chi connectivity index (χ3v) is 4.29. The Balaban J connectivity index is 2.00. The summed E-state index contributed by atoms with van der Waals surface area (Å²) in [5, 5.41) is 8.28. The van der Waals surface area contributed by atoms with Gasteiger partial charge in [-0.2, -0.15) is 0 Å². The van der Waals surface area contributed by atoms with Gasteiger partial charge in [0.25, 0.3) is 0 Å². The van der Waals surface area contributed by atoms with Gasteiger partial charge in [0.15, 0.2) is 0 Å². The first-order chi connectivity index (χ1) is 15.5. The second-order valence-electron chi connectivity index (χ2n) is 6.78. The van der Waals surface area contributed by atoms with E-state index >= 15 is 0 Å².